The number of nitriles is 2. The van der Waals surface area contributed by atoms with Crippen LogP contribution in [0.25, 0.3) is 11.1 Å². The van der Waals surface area contributed by atoms with Gasteiger partial charge in [-0.1, -0.05) is 18.2 Å². The standard InChI is InChI=1S/C27H21F2N5OS/c1-15-26(36-14-33-15)27(35)32-12-21-5-4-18(8-23(21)28)13-34-16(2)22(11-31)25(17(34)3)19-6-7-20(10-30)24(29)9-19/h4-9,14H,12-13H2,1-3H3,(H,32,35). The van der Waals surface area contributed by atoms with Gasteiger partial charge in [-0.05, 0) is 50.1 Å². The Morgan fingerprint density at radius 2 is 1.83 bits per heavy atom. The van der Waals surface area contributed by atoms with Crippen LogP contribution in [0, 0.1) is 55.1 Å². The third-order valence-corrected chi connectivity index (χ3v) is 7.05. The number of benzene rings is 2. The normalized spacial score (nSPS) is 10.6. The number of rotatable bonds is 6. The molecule has 4 aromatic rings. The van der Waals surface area contributed by atoms with Crippen LogP contribution in [0.1, 0.15) is 49.0 Å². The van der Waals surface area contributed by atoms with Gasteiger partial charge in [0.25, 0.3) is 5.91 Å². The molecule has 36 heavy (non-hydrogen) atoms. The van der Waals surface area contributed by atoms with Gasteiger partial charge >= 0.3 is 0 Å². The Kier molecular flexibility index (Phi) is 6.96. The highest BCUT2D eigenvalue weighted by atomic mass is 32.1. The highest BCUT2D eigenvalue weighted by Crippen LogP contribution is 2.33. The molecule has 0 bridgehead atoms. The fourth-order valence-electron chi connectivity index (χ4n) is 4.16. The number of carbonyl (C=O) groups is 1. The van der Waals surface area contributed by atoms with Crippen molar-refractivity contribution in [2.45, 2.75) is 33.9 Å². The molecule has 9 heteroatoms. The summed E-state index contributed by atoms with van der Waals surface area (Å²) in [5.74, 6) is -1.40. The molecule has 1 N–H and O–H groups in total. The summed E-state index contributed by atoms with van der Waals surface area (Å²) in [6.45, 7) is 5.69. The first-order valence-corrected chi connectivity index (χ1v) is 11.9. The van der Waals surface area contributed by atoms with Crippen molar-refractivity contribution >= 4 is 17.2 Å². The van der Waals surface area contributed by atoms with Gasteiger partial charge in [0.2, 0.25) is 0 Å². The van der Waals surface area contributed by atoms with Gasteiger partial charge in [0.1, 0.15) is 28.7 Å². The lowest BCUT2D eigenvalue weighted by atomic mass is 10.00. The molecule has 4 rings (SSSR count). The van der Waals surface area contributed by atoms with Crippen molar-refractivity contribution in [1.82, 2.24) is 14.9 Å². The first-order chi connectivity index (χ1) is 17.2. The fourth-order valence-corrected chi connectivity index (χ4v) is 4.88. The Balaban J connectivity index is 1.58. The van der Waals surface area contributed by atoms with E-state index in [0.29, 0.717) is 50.6 Å². The molecule has 0 aliphatic carbocycles. The third-order valence-electron chi connectivity index (χ3n) is 6.12. The Morgan fingerprint density at radius 1 is 1.06 bits per heavy atom. The van der Waals surface area contributed by atoms with Crippen LogP contribution in [0.5, 0.6) is 0 Å². The third kappa shape index (κ3) is 4.61. The van der Waals surface area contributed by atoms with Crippen LogP contribution in [-0.4, -0.2) is 15.5 Å². The average Bonchev–Trinajstić information content (AvgIpc) is 3.39. The van der Waals surface area contributed by atoms with E-state index in [4.69, 9.17) is 5.26 Å². The molecule has 6 nitrogen and oxygen atoms in total. The van der Waals surface area contributed by atoms with Crippen LogP contribution >= 0.6 is 11.3 Å². The Labute approximate surface area is 211 Å². The van der Waals surface area contributed by atoms with E-state index in [9.17, 15) is 18.8 Å². The Bertz CT molecular complexity index is 1570. The number of thiazole rings is 1. The first-order valence-electron chi connectivity index (χ1n) is 11.0. The number of hydrogen-bond donors (Lipinski definition) is 1. The minimum atomic E-state index is -0.654. The van der Waals surface area contributed by atoms with Crippen LogP contribution < -0.4 is 5.32 Å². The maximum atomic E-state index is 14.9. The second kappa shape index (κ2) is 10.1. The van der Waals surface area contributed by atoms with Crippen molar-refractivity contribution in [3.05, 3.63) is 97.8 Å². The van der Waals surface area contributed by atoms with Crippen LogP contribution in [0.2, 0.25) is 0 Å². The van der Waals surface area contributed by atoms with Gasteiger partial charge in [-0.25, -0.2) is 13.8 Å². The van der Waals surface area contributed by atoms with E-state index in [0.717, 1.165) is 5.69 Å². The second-order valence-corrected chi connectivity index (χ2v) is 9.16. The minimum absolute atomic E-state index is 0.0385. The Hall–Kier alpha value is -4.34. The van der Waals surface area contributed by atoms with E-state index < -0.39 is 11.6 Å². The SMILES string of the molecule is Cc1ncsc1C(=O)NCc1ccc(Cn2c(C)c(C#N)c(-c3ccc(C#N)c(F)c3)c2C)cc1F. The number of nitrogens with one attached hydrogen (secondary N) is 1. The van der Waals surface area contributed by atoms with Crippen molar-refractivity contribution in [2.75, 3.05) is 0 Å². The number of carbonyl (C=O) groups excluding carboxylic acids is 1. The van der Waals surface area contributed by atoms with E-state index in [1.165, 1.54) is 29.5 Å². The van der Waals surface area contributed by atoms with E-state index in [-0.39, 0.29) is 18.0 Å². The number of aryl methyl sites for hydroxylation is 1. The molecule has 0 spiro atoms. The Morgan fingerprint density at radius 3 is 2.44 bits per heavy atom. The topological polar surface area (TPSA) is 94.5 Å². The van der Waals surface area contributed by atoms with Gasteiger partial charge in [0.15, 0.2) is 0 Å². The monoisotopic (exact) mass is 501 g/mol. The van der Waals surface area contributed by atoms with Gasteiger partial charge in [-0.3, -0.25) is 4.79 Å². The van der Waals surface area contributed by atoms with Gasteiger partial charge in [0.05, 0.1) is 22.3 Å². The molecule has 0 saturated carbocycles. The summed E-state index contributed by atoms with van der Waals surface area (Å²) in [5, 5.41) is 21.5. The van der Waals surface area contributed by atoms with Crippen molar-refractivity contribution in [3.63, 3.8) is 0 Å². The minimum Gasteiger partial charge on any atom is -0.347 e. The summed E-state index contributed by atoms with van der Waals surface area (Å²) in [6, 6.07) is 13.1. The van der Waals surface area contributed by atoms with Crippen LogP contribution in [0.4, 0.5) is 8.78 Å². The molecule has 180 valence electrons. The molecule has 0 unspecified atom stereocenters. The van der Waals surface area contributed by atoms with Crippen molar-refractivity contribution in [1.29, 1.82) is 10.5 Å². The lowest BCUT2D eigenvalue weighted by Gasteiger charge is -2.12. The predicted octanol–water partition coefficient (Wildman–Crippen LogP) is 5.54. The van der Waals surface area contributed by atoms with E-state index in [2.05, 4.69) is 16.4 Å². The highest BCUT2D eigenvalue weighted by Gasteiger charge is 2.20. The highest BCUT2D eigenvalue weighted by molar-refractivity contribution is 7.11. The average molecular weight is 502 g/mol. The quantitative estimate of drug-likeness (QED) is 0.376. The molecule has 0 atom stereocenters. The second-order valence-electron chi connectivity index (χ2n) is 8.30. The van der Waals surface area contributed by atoms with Crippen LogP contribution in [0.3, 0.4) is 0 Å². The zero-order chi connectivity index (χ0) is 26.0. The molecule has 2 heterocycles. The van der Waals surface area contributed by atoms with Crippen LogP contribution in [-0.2, 0) is 13.1 Å². The molecule has 0 aliphatic heterocycles. The molecule has 0 fully saturated rings. The van der Waals surface area contributed by atoms with Crippen molar-refractivity contribution < 1.29 is 13.6 Å². The maximum Gasteiger partial charge on any atom is 0.263 e. The zero-order valence-electron chi connectivity index (χ0n) is 19.8. The molecule has 0 aliphatic rings. The van der Waals surface area contributed by atoms with Gasteiger partial charge in [-0.2, -0.15) is 10.5 Å². The van der Waals surface area contributed by atoms with E-state index in [1.807, 2.05) is 11.5 Å². The summed E-state index contributed by atoms with van der Waals surface area (Å²) in [4.78, 5) is 16.8. The number of nitrogens with zero attached hydrogens (tertiary/aromatic N) is 4. The summed E-state index contributed by atoms with van der Waals surface area (Å²) in [6.07, 6.45) is 0. The van der Waals surface area contributed by atoms with Crippen LogP contribution in [0.15, 0.2) is 41.9 Å². The van der Waals surface area contributed by atoms with Gasteiger partial charge in [0, 0.05) is 35.6 Å². The lowest BCUT2D eigenvalue weighted by molar-refractivity contribution is 0.0954. The molecule has 1 amide bonds. The molecular weight excluding hydrogens is 480 g/mol. The zero-order valence-corrected chi connectivity index (χ0v) is 20.6. The summed E-state index contributed by atoms with van der Waals surface area (Å²) < 4.78 is 31.0. The maximum absolute atomic E-state index is 14.9. The summed E-state index contributed by atoms with van der Waals surface area (Å²) >= 11 is 1.23. The molecule has 0 radical (unpaired) electrons. The number of hydrogen-bond acceptors (Lipinski definition) is 5. The van der Waals surface area contributed by atoms with E-state index in [1.54, 1.807) is 43.6 Å². The number of halogens is 2. The molecule has 2 aromatic heterocycles. The summed E-state index contributed by atoms with van der Waals surface area (Å²) in [7, 11) is 0. The largest absolute Gasteiger partial charge is 0.347 e. The molecular formula is C27H21F2N5OS. The fraction of sp³-hybridized carbons (Fsp3) is 0.185. The van der Waals surface area contributed by atoms with Gasteiger partial charge < -0.3 is 9.88 Å². The smallest absolute Gasteiger partial charge is 0.263 e. The molecule has 0 saturated heterocycles. The van der Waals surface area contributed by atoms with Gasteiger partial charge in [-0.15, -0.1) is 11.3 Å². The number of aromatic nitrogens is 2. The molecule has 2 aromatic carbocycles. The number of amides is 1. The van der Waals surface area contributed by atoms with Crippen molar-refractivity contribution in [2.24, 2.45) is 0 Å². The van der Waals surface area contributed by atoms with Crippen molar-refractivity contribution in [3.8, 4) is 23.3 Å². The summed E-state index contributed by atoms with van der Waals surface area (Å²) in [5.41, 5.74) is 6.04. The lowest BCUT2D eigenvalue weighted by Crippen LogP contribution is -2.23. The predicted molar refractivity (Wildman–Crippen MR) is 132 cm³/mol. The first kappa shape index (κ1) is 24.8. The van der Waals surface area contributed by atoms with E-state index >= 15 is 0 Å².